The van der Waals surface area contributed by atoms with Crippen molar-refractivity contribution in [2.24, 2.45) is 0 Å². The van der Waals surface area contributed by atoms with Gasteiger partial charge in [-0.1, -0.05) is 0 Å². The number of methoxy groups -OCH3 is 2. The fourth-order valence-corrected chi connectivity index (χ4v) is 2.40. The van der Waals surface area contributed by atoms with E-state index in [4.69, 9.17) is 14.6 Å². The van der Waals surface area contributed by atoms with Gasteiger partial charge >= 0.3 is 0 Å². The van der Waals surface area contributed by atoms with Gasteiger partial charge in [-0.25, -0.2) is 21.9 Å². The molecule has 6 nitrogen and oxygen atoms in total. The highest BCUT2D eigenvalue weighted by Gasteiger charge is 2.30. The number of rotatable bonds is 7. The predicted molar refractivity (Wildman–Crippen MR) is 66.8 cm³/mol. The topological polar surface area (TPSA) is 84.9 Å². The number of aliphatic hydroxyl groups excluding tert-OH is 1. The van der Waals surface area contributed by atoms with Crippen LogP contribution in [0.2, 0.25) is 0 Å². The number of benzene rings is 1. The molecule has 0 aliphatic carbocycles. The lowest BCUT2D eigenvalue weighted by Crippen LogP contribution is -2.38. The van der Waals surface area contributed by atoms with Crippen molar-refractivity contribution in [1.82, 2.24) is 4.72 Å². The number of hydrogen-bond donors (Lipinski definition) is 2. The molecular weight excluding hydrogens is 296 g/mol. The molecule has 2 N–H and O–H groups in total. The highest BCUT2D eigenvalue weighted by atomic mass is 32.2. The number of nitrogens with one attached hydrogen (secondary N) is 1. The molecule has 1 rings (SSSR count). The molecule has 0 atom stereocenters. The van der Waals surface area contributed by atoms with E-state index in [1.807, 2.05) is 0 Å². The summed E-state index contributed by atoms with van der Waals surface area (Å²) in [6, 6.07) is 3.69. The molecule has 0 saturated carbocycles. The van der Waals surface area contributed by atoms with Gasteiger partial charge in [-0.05, 0) is 12.1 Å². The van der Waals surface area contributed by atoms with Gasteiger partial charge in [-0.3, -0.25) is 0 Å². The van der Waals surface area contributed by atoms with E-state index in [0.717, 1.165) is 6.07 Å². The average molecular weight is 311 g/mol. The minimum Gasteiger partial charge on any atom is -0.493 e. The van der Waals surface area contributed by atoms with Crippen molar-refractivity contribution < 1.29 is 31.8 Å². The maximum absolute atomic E-state index is 12.8. The van der Waals surface area contributed by atoms with Crippen LogP contribution in [-0.4, -0.2) is 46.8 Å². The Morgan fingerprint density at radius 1 is 1.25 bits per heavy atom. The van der Waals surface area contributed by atoms with Gasteiger partial charge in [0.25, 0.3) is 5.92 Å². The Bertz CT molecular complexity index is 562. The summed E-state index contributed by atoms with van der Waals surface area (Å²) in [5.41, 5.74) is 0. The van der Waals surface area contributed by atoms with Crippen LogP contribution in [0.5, 0.6) is 11.5 Å². The normalized spacial score (nSPS) is 12.2. The van der Waals surface area contributed by atoms with Crippen LogP contribution < -0.4 is 14.2 Å². The molecule has 0 amide bonds. The Labute approximate surface area is 115 Å². The third-order valence-electron chi connectivity index (χ3n) is 2.42. The first-order valence-corrected chi connectivity index (χ1v) is 6.94. The van der Waals surface area contributed by atoms with Crippen LogP contribution in [0.3, 0.4) is 0 Å². The quantitative estimate of drug-likeness (QED) is 0.771. The van der Waals surface area contributed by atoms with E-state index in [-0.39, 0.29) is 10.6 Å². The predicted octanol–water partition coefficient (Wildman–Crippen LogP) is 0.610. The van der Waals surface area contributed by atoms with E-state index >= 15 is 0 Å². The van der Waals surface area contributed by atoms with Crippen LogP contribution in [-0.2, 0) is 10.0 Å². The first-order chi connectivity index (χ1) is 9.25. The molecule has 9 heteroatoms. The minimum absolute atomic E-state index is 0.157. The Kier molecular flexibility index (Phi) is 5.26. The van der Waals surface area contributed by atoms with Gasteiger partial charge in [-0.15, -0.1) is 0 Å². The van der Waals surface area contributed by atoms with E-state index in [2.05, 4.69) is 0 Å². The summed E-state index contributed by atoms with van der Waals surface area (Å²) >= 11 is 0. The summed E-state index contributed by atoms with van der Waals surface area (Å²) in [4.78, 5) is -0.246. The molecule has 0 aromatic heterocycles. The molecule has 0 bridgehead atoms. The lowest BCUT2D eigenvalue weighted by molar-refractivity contribution is -0.0437. The van der Waals surface area contributed by atoms with Gasteiger partial charge in [-0.2, -0.15) is 0 Å². The van der Waals surface area contributed by atoms with Gasteiger partial charge in [0.05, 0.1) is 25.7 Å². The van der Waals surface area contributed by atoms with Crippen LogP contribution in [0.1, 0.15) is 0 Å². The van der Waals surface area contributed by atoms with Gasteiger partial charge in [0.2, 0.25) is 10.0 Å². The summed E-state index contributed by atoms with van der Waals surface area (Å²) in [5.74, 6) is -3.06. The molecule has 0 aliphatic rings. The fraction of sp³-hybridized carbons (Fsp3) is 0.455. The van der Waals surface area contributed by atoms with Crippen molar-refractivity contribution in [3.63, 3.8) is 0 Å². The van der Waals surface area contributed by atoms with Crippen molar-refractivity contribution in [1.29, 1.82) is 0 Å². The van der Waals surface area contributed by atoms with E-state index in [1.54, 1.807) is 4.72 Å². The van der Waals surface area contributed by atoms with Gasteiger partial charge in [0.1, 0.15) is 6.61 Å². The monoisotopic (exact) mass is 311 g/mol. The standard InChI is InChI=1S/C11H15F2NO5S/c1-18-9-4-3-8(5-10(9)19-2)20(16,17)14-6-11(12,13)7-15/h3-5,14-15H,6-7H2,1-2H3. The second-order valence-corrected chi connectivity index (χ2v) is 5.62. The summed E-state index contributed by atoms with van der Waals surface area (Å²) in [6.45, 7) is -2.64. The van der Waals surface area contributed by atoms with Crippen LogP contribution >= 0.6 is 0 Å². The number of sulfonamides is 1. The first-order valence-electron chi connectivity index (χ1n) is 5.46. The summed E-state index contributed by atoms with van der Waals surface area (Å²) < 4.78 is 61.0. The number of hydrogen-bond acceptors (Lipinski definition) is 5. The van der Waals surface area contributed by atoms with Crippen LogP contribution in [0, 0.1) is 0 Å². The molecule has 0 heterocycles. The molecule has 0 saturated heterocycles. The van der Waals surface area contributed by atoms with E-state index in [9.17, 15) is 17.2 Å². The fourth-order valence-electron chi connectivity index (χ4n) is 1.32. The SMILES string of the molecule is COc1ccc(S(=O)(=O)NCC(F)(F)CO)cc1OC. The molecule has 1 aromatic rings. The smallest absolute Gasteiger partial charge is 0.283 e. The lowest BCUT2D eigenvalue weighted by atomic mass is 10.3. The lowest BCUT2D eigenvalue weighted by Gasteiger charge is -2.15. The van der Waals surface area contributed by atoms with Crippen LogP contribution in [0.15, 0.2) is 23.1 Å². The number of ether oxygens (including phenoxy) is 2. The largest absolute Gasteiger partial charge is 0.493 e. The molecule has 0 unspecified atom stereocenters. The summed E-state index contributed by atoms with van der Waals surface area (Å²) in [7, 11) is -1.44. The highest BCUT2D eigenvalue weighted by Crippen LogP contribution is 2.29. The van der Waals surface area contributed by atoms with Crippen LogP contribution in [0.4, 0.5) is 8.78 Å². The maximum atomic E-state index is 12.8. The molecule has 114 valence electrons. The zero-order chi connectivity index (χ0) is 15.4. The summed E-state index contributed by atoms with van der Waals surface area (Å²) in [6.07, 6.45) is 0. The van der Waals surface area contributed by atoms with E-state index in [0.29, 0.717) is 5.75 Å². The third kappa shape index (κ3) is 4.02. The second-order valence-electron chi connectivity index (χ2n) is 3.86. The zero-order valence-electron chi connectivity index (χ0n) is 10.9. The molecule has 1 aromatic carbocycles. The van der Waals surface area contributed by atoms with Crippen LogP contribution in [0.25, 0.3) is 0 Å². The van der Waals surface area contributed by atoms with Gasteiger partial charge < -0.3 is 14.6 Å². The molecule has 20 heavy (non-hydrogen) atoms. The van der Waals surface area contributed by atoms with E-state index < -0.39 is 29.1 Å². The van der Waals surface area contributed by atoms with Gasteiger partial charge in [0.15, 0.2) is 11.5 Å². The Balaban J connectivity index is 2.98. The minimum atomic E-state index is -4.14. The maximum Gasteiger partial charge on any atom is 0.283 e. The average Bonchev–Trinajstić information content (AvgIpc) is 2.44. The van der Waals surface area contributed by atoms with Crippen molar-refractivity contribution >= 4 is 10.0 Å². The first kappa shape index (κ1) is 16.6. The third-order valence-corrected chi connectivity index (χ3v) is 3.82. The van der Waals surface area contributed by atoms with E-state index in [1.165, 1.54) is 26.4 Å². The molecule has 0 spiro atoms. The summed E-state index contributed by atoms with van der Waals surface area (Å²) in [5, 5.41) is 8.39. The number of aliphatic hydroxyl groups is 1. The number of halogens is 2. The zero-order valence-corrected chi connectivity index (χ0v) is 11.7. The van der Waals surface area contributed by atoms with Crippen molar-refractivity contribution in [3.05, 3.63) is 18.2 Å². The molecule has 0 fully saturated rings. The highest BCUT2D eigenvalue weighted by molar-refractivity contribution is 7.89. The van der Waals surface area contributed by atoms with Crippen molar-refractivity contribution in [3.8, 4) is 11.5 Å². The molecule has 0 aliphatic heterocycles. The van der Waals surface area contributed by atoms with Gasteiger partial charge in [0, 0.05) is 6.07 Å². The Morgan fingerprint density at radius 3 is 2.35 bits per heavy atom. The Morgan fingerprint density at radius 2 is 1.85 bits per heavy atom. The Hall–Kier alpha value is -1.45. The molecule has 0 radical (unpaired) electrons. The number of alkyl halides is 2. The van der Waals surface area contributed by atoms with Crippen molar-refractivity contribution in [2.75, 3.05) is 27.4 Å². The molecular formula is C11H15F2NO5S. The van der Waals surface area contributed by atoms with Crippen molar-refractivity contribution in [2.45, 2.75) is 10.8 Å². The second kappa shape index (κ2) is 6.33.